The average Bonchev–Trinajstić information content (AvgIpc) is 3.47. The lowest BCUT2D eigenvalue weighted by atomic mass is 9.95. The number of piperidine rings is 1. The summed E-state index contributed by atoms with van der Waals surface area (Å²) in [6.45, 7) is 2.31. The second-order valence-electron chi connectivity index (χ2n) is 8.38. The molecule has 2 fully saturated rings. The number of likely N-dealkylation sites (tertiary alicyclic amines) is 1. The maximum Gasteiger partial charge on any atom is 0.264 e. The van der Waals surface area contributed by atoms with Crippen LogP contribution in [-0.2, 0) is 17.8 Å². The maximum absolute atomic E-state index is 12.6. The van der Waals surface area contributed by atoms with Crippen molar-refractivity contribution in [2.24, 2.45) is 0 Å². The molecule has 3 heterocycles. The summed E-state index contributed by atoms with van der Waals surface area (Å²) in [5.74, 6) is 2.67. The highest BCUT2D eigenvalue weighted by Gasteiger charge is 2.34. The molecule has 1 aliphatic heterocycles. The molecule has 0 atom stereocenters. The number of carbonyl (C=O) groups is 1. The van der Waals surface area contributed by atoms with Crippen molar-refractivity contribution in [3.8, 4) is 0 Å². The van der Waals surface area contributed by atoms with Gasteiger partial charge in [0.25, 0.3) is 5.56 Å². The van der Waals surface area contributed by atoms with Crippen molar-refractivity contribution in [1.29, 1.82) is 0 Å². The average molecular weight is 399 g/mol. The van der Waals surface area contributed by atoms with Gasteiger partial charge in [0.1, 0.15) is 11.6 Å². The first kappa shape index (κ1) is 19.8. The van der Waals surface area contributed by atoms with Crippen LogP contribution in [0.15, 0.2) is 16.9 Å². The predicted molar refractivity (Wildman–Crippen MR) is 107 cm³/mol. The summed E-state index contributed by atoms with van der Waals surface area (Å²) in [6, 6.07) is 3.67. The van der Waals surface area contributed by atoms with E-state index in [1.54, 1.807) is 6.07 Å². The molecule has 0 bridgehead atoms. The molecule has 4 rings (SSSR count). The number of hydrogen-bond donors (Lipinski definition) is 1. The van der Waals surface area contributed by atoms with Crippen LogP contribution in [0.5, 0.6) is 0 Å². The number of aromatic nitrogens is 5. The molecule has 0 unspecified atom stereocenters. The number of aromatic amines is 1. The van der Waals surface area contributed by atoms with Gasteiger partial charge in [-0.15, -0.1) is 10.2 Å². The molecule has 2 aliphatic rings. The van der Waals surface area contributed by atoms with Gasteiger partial charge in [-0.1, -0.05) is 0 Å². The van der Waals surface area contributed by atoms with Gasteiger partial charge in [-0.3, -0.25) is 9.59 Å². The Bertz CT molecular complexity index is 887. The van der Waals surface area contributed by atoms with Crippen molar-refractivity contribution >= 4 is 5.91 Å². The molecular weight excluding hydrogens is 370 g/mol. The topological polar surface area (TPSA) is 100 Å². The molecule has 29 heavy (non-hydrogen) atoms. The van der Waals surface area contributed by atoms with E-state index in [4.69, 9.17) is 0 Å². The molecular formula is C20H29N7O2. The lowest BCUT2D eigenvalue weighted by molar-refractivity contribution is -0.132. The monoisotopic (exact) mass is 399 g/mol. The Labute approximate surface area is 170 Å². The third kappa shape index (κ3) is 4.72. The zero-order chi connectivity index (χ0) is 20.4. The Hall–Kier alpha value is -2.55. The van der Waals surface area contributed by atoms with E-state index in [-0.39, 0.29) is 11.5 Å². The quantitative estimate of drug-likeness (QED) is 0.748. The first-order valence-corrected chi connectivity index (χ1v) is 10.4. The number of aryl methyl sites for hydroxylation is 1. The number of nitrogens with zero attached hydrogens (tertiary/aromatic N) is 6. The van der Waals surface area contributed by atoms with Gasteiger partial charge in [-0.25, -0.2) is 5.10 Å². The van der Waals surface area contributed by atoms with Gasteiger partial charge in [0, 0.05) is 44.0 Å². The van der Waals surface area contributed by atoms with Crippen molar-refractivity contribution in [3.63, 3.8) is 0 Å². The van der Waals surface area contributed by atoms with Crippen LogP contribution < -0.4 is 5.56 Å². The smallest absolute Gasteiger partial charge is 0.264 e. The normalized spacial score (nSPS) is 17.8. The molecule has 1 N–H and O–H groups in total. The fourth-order valence-electron chi connectivity index (χ4n) is 4.03. The summed E-state index contributed by atoms with van der Waals surface area (Å²) in [5.41, 5.74) is 0.508. The first-order valence-electron chi connectivity index (χ1n) is 10.4. The molecule has 156 valence electrons. The van der Waals surface area contributed by atoms with Crippen molar-refractivity contribution in [2.75, 3.05) is 27.2 Å². The molecule has 1 aliphatic carbocycles. The lowest BCUT2D eigenvalue weighted by Gasteiger charge is -2.32. The number of rotatable bonds is 7. The second kappa shape index (κ2) is 8.44. The number of carbonyl (C=O) groups excluding carboxylic acids is 1. The van der Waals surface area contributed by atoms with Crippen LogP contribution >= 0.6 is 0 Å². The van der Waals surface area contributed by atoms with E-state index in [0.29, 0.717) is 24.8 Å². The van der Waals surface area contributed by atoms with E-state index in [1.807, 2.05) is 4.90 Å². The largest absolute Gasteiger partial charge is 0.343 e. The standard InChI is InChI=1S/C20H29N7O2/c1-25(2)13-17-22-24-20(27(17)16-5-6-16)14-9-11-26(12-10-14)19(29)8-4-15-3-7-18(28)23-21-15/h3,7,14,16H,4-6,8-13H2,1-2H3,(H,23,28). The minimum atomic E-state index is -0.227. The van der Waals surface area contributed by atoms with Gasteiger partial charge in [0.05, 0.1) is 12.2 Å². The van der Waals surface area contributed by atoms with E-state index >= 15 is 0 Å². The second-order valence-corrected chi connectivity index (χ2v) is 8.38. The Morgan fingerprint density at radius 1 is 1.17 bits per heavy atom. The van der Waals surface area contributed by atoms with Crippen LogP contribution in [0.3, 0.4) is 0 Å². The van der Waals surface area contributed by atoms with Gasteiger partial charge >= 0.3 is 0 Å². The molecule has 0 radical (unpaired) electrons. The van der Waals surface area contributed by atoms with Gasteiger partial charge in [-0.05, 0) is 45.8 Å². The van der Waals surface area contributed by atoms with Gasteiger partial charge < -0.3 is 14.4 Å². The molecule has 1 amide bonds. The molecule has 2 aromatic rings. The van der Waals surface area contributed by atoms with Crippen LogP contribution in [-0.4, -0.2) is 67.9 Å². The summed E-state index contributed by atoms with van der Waals surface area (Å²) in [7, 11) is 4.11. The van der Waals surface area contributed by atoms with Crippen LogP contribution in [0.2, 0.25) is 0 Å². The van der Waals surface area contributed by atoms with Crippen LogP contribution in [0.25, 0.3) is 0 Å². The van der Waals surface area contributed by atoms with Gasteiger partial charge in [-0.2, -0.15) is 5.10 Å². The maximum atomic E-state index is 12.6. The minimum absolute atomic E-state index is 0.147. The number of H-pyrrole nitrogens is 1. The summed E-state index contributed by atoms with van der Waals surface area (Å²) in [6.07, 6.45) is 5.22. The Morgan fingerprint density at radius 3 is 2.55 bits per heavy atom. The highest BCUT2D eigenvalue weighted by molar-refractivity contribution is 5.76. The summed E-state index contributed by atoms with van der Waals surface area (Å²) < 4.78 is 2.37. The summed E-state index contributed by atoms with van der Waals surface area (Å²) in [5, 5.41) is 15.4. The predicted octanol–water partition coefficient (Wildman–Crippen LogP) is 1.10. The van der Waals surface area contributed by atoms with Crippen molar-refractivity contribution in [2.45, 2.75) is 57.0 Å². The number of nitrogens with one attached hydrogen (secondary N) is 1. The highest BCUT2D eigenvalue weighted by atomic mass is 16.2. The molecule has 2 aromatic heterocycles. The van der Waals surface area contributed by atoms with E-state index in [1.165, 1.54) is 18.9 Å². The first-order chi connectivity index (χ1) is 14.0. The molecule has 9 nitrogen and oxygen atoms in total. The number of amides is 1. The highest BCUT2D eigenvalue weighted by Crippen LogP contribution is 2.40. The molecule has 1 saturated carbocycles. The molecule has 9 heteroatoms. The summed E-state index contributed by atoms with van der Waals surface area (Å²) in [4.78, 5) is 27.7. The zero-order valence-corrected chi connectivity index (χ0v) is 17.2. The third-order valence-electron chi connectivity index (χ3n) is 5.71. The zero-order valence-electron chi connectivity index (χ0n) is 17.2. The van der Waals surface area contributed by atoms with E-state index in [9.17, 15) is 9.59 Å². The minimum Gasteiger partial charge on any atom is -0.343 e. The fraction of sp³-hybridized carbons (Fsp3) is 0.650. The van der Waals surface area contributed by atoms with Crippen molar-refractivity contribution < 1.29 is 4.79 Å². The van der Waals surface area contributed by atoms with E-state index in [2.05, 4.69) is 44.0 Å². The Morgan fingerprint density at radius 2 is 1.93 bits per heavy atom. The van der Waals surface area contributed by atoms with Crippen molar-refractivity contribution in [3.05, 3.63) is 39.8 Å². The molecule has 1 saturated heterocycles. The lowest BCUT2D eigenvalue weighted by Crippen LogP contribution is -2.38. The van der Waals surface area contributed by atoms with Gasteiger partial charge in [0.15, 0.2) is 0 Å². The molecule has 0 aromatic carbocycles. The van der Waals surface area contributed by atoms with Crippen LogP contribution in [0.4, 0.5) is 0 Å². The Balaban J connectivity index is 1.33. The van der Waals surface area contributed by atoms with E-state index in [0.717, 1.165) is 49.8 Å². The fourth-order valence-corrected chi connectivity index (χ4v) is 4.03. The van der Waals surface area contributed by atoms with Crippen LogP contribution in [0, 0.1) is 0 Å². The van der Waals surface area contributed by atoms with Crippen LogP contribution in [0.1, 0.15) is 61.4 Å². The van der Waals surface area contributed by atoms with Gasteiger partial charge in [0.2, 0.25) is 5.91 Å². The third-order valence-corrected chi connectivity index (χ3v) is 5.71. The SMILES string of the molecule is CN(C)Cc1nnc(C2CCN(C(=O)CCc3ccc(=O)[nH]n3)CC2)n1C1CC1. The Kier molecular flexibility index (Phi) is 5.75. The number of hydrogen-bond acceptors (Lipinski definition) is 6. The van der Waals surface area contributed by atoms with E-state index < -0.39 is 0 Å². The van der Waals surface area contributed by atoms with Crippen molar-refractivity contribution in [1.82, 2.24) is 34.8 Å². The summed E-state index contributed by atoms with van der Waals surface area (Å²) >= 11 is 0. The molecule has 0 spiro atoms.